The van der Waals surface area contributed by atoms with Gasteiger partial charge in [0.2, 0.25) is 0 Å². The van der Waals surface area contributed by atoms with E-state index in [2.05, 4.69) is 82.2 Å². The molecule has 44 heavy (non-hydrogen) atoms. The molecule has 1 unspecified atom stereocenters. The third-order valence-electron chi connectivity index (χ3n) is 15.6. The first-order valence-corrected chi connectivity index (χ1v) is 17.6. The van der Waals surface area contributed by atoms with Crippen LogP contribution in [0.2, 0.25) is 0 Å². The summed E-state index contributed by atoms with van der Waals surface area (Å²) in [5.41, 5.74) is 6.85. The Labute approximate surface area is 268 Å². The minimum Gasteiger partial charge on any atom is -0.481 e. The maximum atomic E-state index is 13.3. The van der Waals surface area contributed by atoms with Crippen molar-refractivity contribution in [3.05, 3.63) is 11.6 Å². The lowest BCUT2D eigenvalue weighted by molar-refractivity contribution is -0.270. The van der Waals surface area contributed by atoms with Gasteiger partial charge in [0.1, 0.15) is 0 Å². The second-order valence-electron chi connectivity index (χ2n) is 18.7. The van der Waals surface area contributed by atoms with E-state index in [4.69, 9.17) is 19.9 Å². The fourth-order valence-electron chi connectivity index (χ4n) is 11.6. The summed E-state index contributed by atoms with van der Waals surface area (Å²) >= 11 is 0. The number of carbonyl (C=O) groups is 1. The van der Waals surface area contributed by atoms with Crippen molar-refractivity contribution >= 4 is 5.97 Å². The molecule has 0 aromatic heterocycles. The maximum Gasteiger partial charge on any atom is 0.307 e. The fourth-order valence-corrected chi connectivity index (χ4v) is 11.6. The number of methoxy groups -OCH3 is 1. The standard InChI is InChI=1S/C38H65NO5/c1-23(2)24(3)33(7)17-18-35(9)25-13-14-28-34(8)20-43-22-38(28,26(25)15-16-36(35,10)29(33)31(40)41)19-27(42-12)30(34)44-21-37(11,39)32(4,5)6/h15,23-25,27-30H,13-14,16-22,39H2,1-12H3,(H,40,41)/t24-,25+,27-,28+,29-,30+,33-,34?,35-,36+,37+,38+/m1/s1. The van der Waals surface area contributed by atoms with E-state index in [0.717, 1.165) is 45.1 Å². The third kappa shape index (κ3) is 4.57. The van der Waals surface area contributed by atoms with Crippen LogP contribution in [0.5, 0.6) is 0 Å². The van der Waals surface area contributed by atoms with E-state index in [1.807, 2.05) is 7.11 Å². The summed E-state index contributed by atoms with van der Waals surface area (Å²) in [6, 6.07) is 0. The van der Waals surface area contributed by atoms with Gasteiger partial charge in [0.25, 0.3) is 0 Å². The first-order valence-electron chi connectivity index (χ1n) is 17.6. The van der Waals surface area contributed by atoms with Crippen molar-refractivity contribution in [2.24, 2.45) is 67.8 Å². The Balaban J connectivity index is 1.54. The number of carboxylic acids is 1. The number of carboxylic acid groups (broad SMARTS) is 1. The molecule has 4 fully saturated rings. The Morgan fingerprint density at radius 3 is 2.30 bits per heavy atom. The second-order valence-corrected chi connectivity index (χ2v) is 18.7. The molecule has 0 aromatic rings. The predicted octanol–water partition coefficient (Wildman–Crippen LogP) is 7.74. The van der Waals surface area contributed by atoms with Crippen molar-refractivity contribution < 1.29 is 24.1 Å². The smallest absolute Gasteiger partial charge is 0.307 e. The largest absolute Gasteiger partial charge is 0.481 e. The zero-order valence-corrected chi connectivity index (χ0v) is 30.1. The van der Waals surface area contributed by atoms with Crippen LogP contribution in [0.4, 0.5) is 0 Å². The van der Waals surface area contributed by atoms with Gasteiger partial charge in [-0.3, -0.25) is 4.79 Å². The molecule has 6 nitrogen and oxygen atoms in total. The molecule has 0 spiro atoms. The lowest BCUT2D eigenvalue weighted by Crippen LogP contribution is -2.70. The van der Waals surface area contributed by atoms with E-state index in [0.29, 0.717) is 36.9 Å². The van der Waals surface area contributed by atoms with E-state index in [-0.39, 0.29) is 50.6 Å². The van der Waals surface area contributed by atoms with Gasteiger partial charge in [0.15, 0.2) is 0 Å². The van der Waals surface area contributed by atoms with E-state index in [1.165, 1.54) is 0 Å². The summed E-state index contributed by atoms with van der Waals surface area (Å²) in [4.78, 5) is 13.3. The lowest BCUT2D eigenvalue weighted by atomic mass is 9.34. The van der Waals surface area contributed by atoms with Crippen LogP contribution in [0.25, 0.3) is 0 Å². The molecule has 12 atom stereocenters. The van der Waals surface area contributed by atoms with Crippen LogP contribution in [0.1, 0.15) is 115 Å². The number of fused-ring (bicyclic) bond motifs is 3. The summed E-state index contributed by atoms with van der Waals surface area (Å²) in [5.74, 6) is 0.580. The van der Waals surface area contributed by atoms with E-state index >= 15 is 0 Å². The molecule has 3 saturated carbocycles. The molecular formula is C38H65NO5. The number of allylic oxidation sites excluding steroid dienone is 1. The highest BCUT2D eigenvalue weighted by Crippen LogP contribution is 2.75. The number of aliphatic carboxylic acids is 1. The van der Waals surface area contributed by atoms with Crippen molar-refractivity contribution in [2.45, 2.75) is 132 Å². The van der Waals surface area contributed by atoms with Gasteiger partial charge < -0.3 is 25.1 Å². The SMILES string of the molecule is CO[C@@H]1C[C@@]23COCC(C)([C@H]1OC[C@](C)(N)C(C)(C)C)[C@@H]2CC[C@H]1C3=CC[C@@]2(C)[C@H](C(=O)O)[C@@](C)([C@H](C)C(C)C)CC[C@]12C. The molecule has 4 aliphatic carbocycles. The molecule has 0 radical (unpaired) electrons. The first kappa shape index (κ1) is 34.4. The number of hydrogen-bond donors (Lipinski definition) is 2. The lowest BCUT2D eigenvalue weighted by Gasteiger charge is -2.71. The average Bonchev–Trinajstić information content (AvgIpc) is 2.91. The third-order valence-corrected chi connectivity index (χ3v) is 15.6. The zero-order chi connectivity index (χ0) is 32.9. The molecule has 6 heteroatoms. The summed E-state index contributed by atoms with van der Waals surface area (Å²) in [7, 11) is 1.84. The van der Waals surface area contributed by atoms with Crippen molar-refractivity contribution in [2.75, 3.05) is 26.9 Å². The van der Waals surface area contributed by atoms with Crippen LogP contribution in [-0.2, 0) is 19.0 Å². The van der Waals surface area contributed by atoms with E-state index < -0.39 is 11.5 Å². The molecule has 252 valence electrons. The topological polar surface area (TPSA) is 91.0 Å². The van der Waals surface area contributed by atoms with Crippen LogP contribution in [0.3, 0.4) is 0 Å². The van der Waals surface area contributed by atoms with E-state index in [1.54, 1.807) is 5.57 Å². The van der Waals surface area contributed by atoms with Gasteiger partial charge >= 0.3 is 5.97 Å². The van der Waals surface area contributed by atoms with Crippen LogP contribution >= 0.6 is 0 Å². The number of hydrogen-bond acceptors (Lipinski definition) is 5. The van der Waals surface area contributed by atoms with Gasteiger partial charge in [0.05, 0.1) is 37.9 Å². The van der Waals surface area contributed by atoms with Crippen molar-refractivity contribution in [1.29, 1.82) is 0 Å². The average molecular weight is 616 g/mol. The number of ether oxygens (including phenoxy) is 3. The fraction of sp³-hybridized carbons (Fsp3) is 0.921. The Hall–Kier alpha value is -0.950. The number of rotatable bonds is 7. The Kier molecular flexibility index (Phi) is 8.43. The summed E-state index contributed by atoms with van der Waals surface area (Å²) < 4.78 is 19.8. The van der Waals surface area contributed by atoms with Gasteiger partial charge in [-0.15, -0.1) is 0 Å². The van der Waals surface area contributed by atoms with Crippen LogP contribution in [-0.4, -0.2) is 55.8 Å². The van der Waals surface area contributed by atoms with Gasteiger partial charge in [-0.2, -0.15) is 0 Å². The van der Waals surface area contributed by atoms with Crippen LogP contribution in [0.15, 0.2) is 11.6 Å². The van der Waals surface area contributed by atoms with Gasteiger partial charge in [-0.05, 0) is 90.8 Å². The molecule has 5 rings (SSSR count). The quantitative estimate of drug-likeness (QED) is 0.285. The van der Waals surface area contributed by atoms with Gasteiger partial charge in [-0.25, -0.2) is 0 Å². The molecule has 5 aliphatic rings. The van der Waals surface area contributed by atoms with Crippen molar-refractivity contribution in [3.63, 3.8) is 0 Å². The highest BCUT2D eigenvalue weighted by molar-refractivity contribution is 5.73. The molecule has 1 heterocycles. The highest BCUT2D eigenvalue weighted by Gasteiger charge is 2.71. The monoisotopic (exact) mass is 615 g/mol. The minimum absolute atomic E-state index is 0.0509. The molecule has 1 saturated heterocycles. The molecule has 0 amide bonds. The molecule has 1 aliphatic heterocycles. The van der Waals surface area contributed by atoms with Gasteiger partial charge in [0, 0.05) is 23.5 Å². The summed E-state index contributed by atoms with van der Waals surface area (Å²) in [6.45, 7) is 26.7. The molecule has 3 N–H and O–H groups in total. The second kappa shape index (κ2) is 10.8. The zero-order valence-electron chi connectivity index (χ0n) is 30.1. The number of nitrogens with two attached hydrogens (primary N) is 1. The van der Waals surface area contributed by atoms with Crippen LogP contribution < -0.4 is 5.73 Å². The predicted molar refractivity (Wildman–Crippen MR) is 176 cm³/mol. The Morgan fingerprint density at radius 1 is 1.07 bits per heavy atom. The Morgan fingerprint density at radius 2 is 1.73 bits per heavy atom. The van der Waals surface area contributed by atoms with Crippen molar-refractivity contribution in [1.82, 2.24) is 0 Å². The molecule has 0 aromatic carbocycles. The summed E-state index contributed by atoms with van der Waals surface area (Å²) in [5, 5.41) is 11.0. The molecular weight excluding hydrogens is 550 g/mol. The first-order chi connectivity index (χ1) is 20.2. The van der Waals surface area contributed by atoms with Crippen molar-refractivity contribution in [3.8, 4) is 0 Å². The minimum atomic E-state index is -0.607. The normalized spacial score (nSPS) is 47.5. The summed E-state index contributed by atoms with van der Waals surface area (Å²) in [6.07, 6.45) is 8.31. The Bertz CT molecular complexity index is 1160. The van der Waals surface area contributed by atoms with Gasteiger partial charge in [-0.1, -0.05) is 80.9 Å². The maximum absolute atomic E-state index is 13.3. The molecule has 2 bridgehead atoms. The van der Waals surface area contributed by atoms with Crippen LogP contribution in [0, 0.1) is 62.1 Å². The van der Waals surface area contributed by atoms with E-state index in [9.17, 15) is 9.90 Å². The highest BCUT2D eigenvalue weighted by atomic mass is 16.5.